The lowest BCUT2D eigenvalue weighted by Crippen LogP contribution is -2.35. The van der Waals surface area contributed by atoms with Gasteiger partial charge in [0.25, 0.3) is 0 Å². The molecular formula is C20H21N3O. The van der Waals surface area contributed by atoms with Crippen molar-refractivity contribution in [3.63, 3.8) is 0 Å². The summed E-state index contributed by atoms with van der Waals surface area (Å²) >= 11 is 0. The van der Waals surface area contributed by atoms with E-state index in [9.17, 15) is 4.79 Å². The number of aromatic amines is 1. The summed E-state index contributed by atoms with van der Waals surface area (Å²) in [6.45, 7) is 3.08. The Balaban J connectivity index is 1.80. The zero-order valence-corrected chi connectivity index (χ0v) is 13.7. The van der Waals surface area contributed by atoms with Crippen LogP contribution in [0.5, 0.6) is 0 Å². The second-order valence-electron chi connectivity index (χ2n) is 6.49. The van der Waals surface area contributed by atoms with Crippen LogP contribution in [0.25, 0.3) is 10.9 Å². The number of hydrogen-bond acceptors (Lipinski definition) is 2. The number of amides is 1. The van der Waals surface area contributed by atoms with Gasteiger partial charge in [0.15, 0.2) is 0 Å². The van der Waals surface area contributed by atoms with Crippen LogP contribution in [0, 0.1) is 0 Å². The Morgan fingerprint density at radius 1 is 1.21 bits per heavy atom. The van der Waals surface area contributed by atoms with E-state index in [1.807, 2.05) is 6.20 Å². The molecule has 0 aliphatic carbocycles. The van der Waals surface area contributed by atoms with Crippen LogP contribution in [0.4, 0.5) is 5.69 Å². The van der Waals surface area contributed by atoms with E-state index in [4.69, 9.17) is 0 Å². The first-order valence-corrected chi connectivity index (χ1v) is 8.34. The molecule has 0 fully saturated rings. The minimum absolute atomic E-state index is 0.0190. The molecule has 1 atom stereocenters. The Morgan fingerprint density at radius 2 is 2.08 bits per heavy atom. The average Bonchev–Trinajstić information content (AvgIpc) is 3.19. The Bertz CT molecular complexity index is 899. The summed E-state index contributed by atoms with van der Waals surface area (Å²) in [6, 6.07) is 17.2. The maximum absolute atomic E-state index is 11.3. The predicted octanol–water partition coefficient (Wildman–Crippen LogP) is 3.41. The molecule has 4 rings (SSSR count). The number of nitrogens with one attached hydrogen (secondary N) is 3. The summed E-state index contributed by atoms with van der Waals surface area (Å²) in [4.78, 5) is 14.6. The molecule has 0 bridgehead atoms. The van der Waals surface area contributed by atoms with Crippen molar-refractivity contribution >= 4 is 22.5 Å². The molecule has 1 unspecified atom stereocenters. The molecule has 0 saturated carbocycles. The van der Waals surface area contributed by atoms with Crippen molar-refractivity contribution in [1.82, 2.24) is 10.3 Å². The van der Waals surface area contributed by atoms with E-state index in [0.29, 0.717) is 6.54 Å². The van der Waals surface area contributed by atoms with Crippen molar-refractivity contribution in [2.45, 2.75) is 18.8 Å². The van der Waals surface area contributed by atoms with Crippen LogP contribution in [0.15, 0.2) is 54.7 Å². The van der Waals surface area contributed by atoms with E-state index < -0.39 is 0 Å². The van der Waals surface area contributed by atoms with Gasteiger partial charge in [-0.25, -0.2) is 0 Å². The van der Waals surface area contributed by atoms with Crippen molar-refractivity contribution in [2.24, 2.45) is 0 Å². The molecule has 1 aromatic heterocycles. The molecule has 1 aliphatic heterocycles. The molecule has 0 spiro atoms. The molecular weight excluding hydrogens is 298 g/mol. The topological polar surface area (TPSA) is 56.9 Å². The number of anilines is 1. The summed E-state index contributed by atoms with van der Waals surface area (Å²) in [5.41, 5.74) is 4.82. The maximum Gasteiger partial charge on any atom is 0.216 e. The van der Waals surface area contributed by atoms with Crippen LogP contribution in [-0.2, 0) is 10.2 Å². The summed E-state index contributed by atoms with van der Waals surface area (Å²) < 4.78 is 0. The van der Waals surface area contributed by atoms with E-state index in [1.165, 1.54) is 22.2 Å². The van der Waals surface area contributed by atoms with Gasteiger partial charge in [-0.15, -0.1) is 0 Å². The smallest absolute Gasteiger partial charge is 0.216 e. The van der Waals surface area contributed by atoms with E-state index >= 15 is 0 Å². The van der Waals surface area contributed by atoms with Gasteiger partial charge < -0.3 is 15.6 Å². The Morgan fingerprint density at radius 3 is 2.96 bits per heavy atom. The second kappa shape index (κ2) is 5.71. The highest BCUT2D eigenvalue weighted by atomic mass is 16.1. The van der Waals surface area contributed by atoms with Crippen LogP contribution in [0.2, 0.25) is 0 Å². The van der Waals surface area contributed by atoms with Gasteiger partial charge in [-0.1, -0.05) is 24.3 Å². The zero-order valence-electron chi connectivity index (χ0n) is 13.7. The molecule has 1 aliphatic rings. The van der Waals surface area contributed by atoms with Crippen molar-refractivity contribution in [3.8, 4) is 0 Å². The van der Waals surface area contributed by atoms with Crippen molar-refractivity contribution in [1.29, 1.82) is 0 Å². The Hall–Kier alpha value is -2.75. The van der Waals surface area contributed by atoms with Crippen LogP contribution >= 0.6 is 0 Å². The predicted molar refractivity (Wildman–Crippen MR) is 97.3 cm³/mol. The molecule has 0 saturated heterocycles. The first kappa shape index (κ1) is 14.8. The molecule has 1 amide bonds. The molecule has 0 radical (unpaired) electrons. The zero-order chi connectivity index (χ0) is 16.6. The molecule has 2 heterocycles. The number of H-pyrrole nitrogens is 1. The van der Waals surface area contributed by atoms with E-state index in [0.717, 1.165) is 18.5 Å². The van der Waals surface area contributed by atoms with Crippen LogP contribution in [0.1, 0.15) is 24.5 Å². The first-order valence-electron chi connectivity index (χ1n) is 8.34. The van der Waals surface area contributed by atoms with E-state index in [2.05, 4.69) is 64.1 Å². The molecule has 3 aromatic rings. The number of aromatic nitrogens is 1. The standard InChI is InChI=1S/C20H21N3O/c1-14(24)21-11-9-20(13-23-19-5-3-2-4-17(19)20)16-6-7-18-15(12-16)8-10-22-18/h2-8,10,12,22-23H,9,11,13H2,1H3,(H,21,24). The molecule has 122 valence electrons. The fraction of sp³-hybridized carbons (Fsp3) is 0.250. The number of fused-ring (bicyclic) bond motifs is 2. The monoisotopic (exact) mass is 319 g/mol. The number of para-hydroxylation sites is 1. The fourth-order valence-corrected chi connectivity index (χ4v) is 3.82. The third-order valence-electron chi connectivity index (χ3n) is 5.05. The SMILES string of the molecule is CC(=O)NCCC1(c2ccc3[nH]ccc3c2)CNc2ccccc21. The van der Waals surface area contributed by atoms with Gasteiger partial charge in [0.2, 0.25) is 5.91 Å². The van der Waals surface area contributed by atoms with Crippen LogP contribution < -0.4 is 10.6 Å². The van der Waals surface area contributed by atoms with Gasteiger partial charge in [0, 0.05) is 42.8 Å². The third-order valence-corrected chi connectivity index (χ3v) is 5.05. The highest BCUT2D eigenvalue weighted by molar-refractivity contribution is 5.81. The Labute approximate surface area is 141 Å². The van der Waals surface area contributed by atoms with Gasteiger partial charge in [-0.05, 0) is 47.2 Å². The maximum atomic E-state index is 11.3. The number of carbonyl (C=O) groups excluding carboxylic acids is 1. The number of hydrogen-bond donors (Lipinski definition) is 3. The third kappa shape index (κ3) is 2.35. The van der Waals surface area contributed by atoms with E-state index in [-0.39, 0.29) is 11.3 Å². The highest BCUT2D eigenvalue weighted by Crippen LogP contribution is 2.44. The quantitative estimate of drug-likeness (QED) is 0.690. The van der Waals surface area contributed by atoms with Gasteiger partial charge in [-0.2, -0.15) is 0 Å². The van der Waals surface area contributed by atoms with Gasteiger partial charge >= 0.3 is 0 Å². The van der Waals surface area contributed by atoms with Gasteiger partial charge in [-0.3, -0.25) is 4.79 Å². The molecule has 2 aromatic carbocycles. The number of benzene rings is 2. The molecule has 24 heavy (non-hydrogen) atoms. The van der Waals surface area contributed by atoms with Crippen molar-refractivity contribution in [2.75, 3.05) is 18.4 Å². The molecule has 4 nitrogen and oxygen atoms in total. The van der Waals surface area contributed by atoms with Crippen molar-refractivity contribution < 1.29 is 4.79 Å². The normalized spacial score (nSPS) is 19.0. The summed E-state index contributed by atoms with van der Waals surface area (Å²) in [7, 11) is 0. The summed E-state index contributed by atoms with van der Waals surface area (Å²) in [5.74, 6) is 0.0190. The minimum Gasteiger partial charge on any atom is -0.384 e. The number of rotatable bonds is 4. The lowest BCUT2D eigenvalue weighted by atomic mass is 9.73. The first-order chi connectivity index (χ1) is 11.7. The largest absolute Gasteiger partial charge is 0.384 e. The second-order valence-corrected chi connectivity index (χ2v) is 6.49. The highest BCUT2D eigenvalue weighted by Gasteiger charge is 2.40. The van der Waals surface area contributed by atoms with Crippen LogP contribution in [-0.4, -0.2) is 24.0 Å². The molecule has 3 N–H and O–H groups in total. The summed E-state index contributed by atoms with van der Waals surface area (Å²) in [6.07, 6.45) is 2.84. The Kier molecular flexibility index (Phi) is 3.53. The van der Waals surface area contributed by atoms with Gasteiger partial charge in [0.05, 0.1) is 0 Å². The summed E-state index contributed by atoms with van der Waals surface area (Å²) in [5, 5.41) is 7.72. The van der Waals surface area contributed by atoms with Crippen molar-refractivity contribution in [3.05, 3.63) is 65.9 Å². The van der Waals surface area contributed by atoms with E-state index in [1.54, 1.807) is 6.92 Å². The van der Waals surface area contributed by atoms with Crippen LogP contribution in [0.3, 0.4) is 0 Å². The average molecular weight is 319 g/mol. The number of carbonyl (C=O) groups is 1. The lowest BCUT2D eigenvalue weighted by molar-refractivity contribution is -0.118. The minimum atomic E-state index is -0.121. The fourth-order valence-electron chi connectivity index (χ4n) is 3.82. The lowest BCUT2D eigenvalue weighted by Gasteiger charge is -2.30. The molecule has 4 heteroatoms. The van der Waals surface area contributed by atoms with Gasteiger partial charge in [0.1, 0.15) is 0 Å².